The van der Waals surface area contributed by atoms with Gasteiger partial charge >= 0.3 is 6.03 Å². The summed E-state index contributed by atoms with van der Waals surface area (Å²) in [6.07, 6.45) is 1.66. The second-order valence-electron chi connectivity index (χ2n) is 6.00. The predicted octanol–water partition coefficient (Wildman–Crippen LogP) is 1.95. The number of aromatic nitrogens is 1. The van der Waals surface area contributed by atoms with Gasteiger partial charge in [-0.25, -0.2) is 13.6 Å². The van der Waals surface area contributed by atoms with Crippen molar-refractivity contribution in [2.24, 2.45) is 7.05 Å². The number of amides is 3. The predicted molar refractivity (Wildman–Crippen MR) is 83.7 cm³/mol. The Hall–Kier alpha value is -3.03. The van der Waals surface area contributed by atoms with Crippen LogP contribution < -0.4 is 5.32 Å². The van der Waals surface area contributed by atoms with Crippen molar-refractivity contribution in [2.45, 2.75) is 12.5 Å². The molecule has 1 atom stereocenters. The lowest BCUT2D eigenvalue weighted by Gasteiger charge is -2.22. The summed E-state index contributed by atoms with van der Waals surface area (Å²) in [5.74, 6) is -2.82. The Morgan fingerprint density at radius 3 is 2.60 bits per heavy atom. The van der Waals surface area contributed by atoms with E-state index in [-0.39, 0.29) is 5.56 Å². The molecule has 3 rings (SSSR count). The van der Waals surface area contributed by atoms with E-state index in [0.717, 1.165) is 18.2 Å². The van der Waals surface area contributed by atoms with Crippen LogP contribution in [0.3, 0.4) is 0 Å². The zero-order valence-electron chi connectivity index (χ0n) is 13.5. The minimum absolute atomic E-state index is 0.292. The Bertz CT molecular complexity index is 893. The monoisotopic (exact) mass is 347 g/mol. The van der Waals surface area contributed by atoms with Crippen molar-refractivity contribution >= 4 is 17.7 Å². The number of benzene rings is 1. The molecule has 0 spiro atoms. The summed E-state index contributed by atoms with van der Waals surface area (Å²) in [5.41, 5.74) is -1.75. The zero-order valence-corrected chi connectivity index (χ0v) is 13.5. The molecule has 2 heterocycles. The highest BCUT2D eigenvalue weighted by Crippen LogP contribution is 2.31. The first-order chi connectivity index (χ1) is 11.7. The van der Waals surface area contributed by atoms with Crippen LogP contribution in [0.5, 0.6) is 0 Å². The summed E-state index contributed by atoms with van der Waals surface area (Å²) < 4.78 is 29.1. The van der Waals surface area contributed by atoms with Crippen LogP contribution in [-0.2, 0) is 17.4 Å². The molecule has 0 bridgehead atoms. The highest BCUT2D eigenvalue weighted by Gasteiger charge is 2.50. The molecule has 6 nitrogen and oxygen atoms in total. The molecule has 3 amide bonds. The third kappa shape index (κ3) is 2.69. The van der Waals surface area contributed by atoms with Gasteiger partial charge in [-0.15, -0.1) is 0 Å². The van der Waals surface area contributed by atoms with Crippen molar-refractivity contribution in [2.75, 3.05) is 6.54 Å². The first-order valence-corrected chi connectivity index (χ1v) is 7.48. The molecule has 1 fully saturated rings. The van der Waals surface area contributed by atoms with Gasteiger partial charge in [0.05, 0.1) is 12.2 Å². The number of carbonyl (C=O) groups is 3. The maximum absolute atomic E-state index is 14.1. The minimum atomic E-state index is -1.78. The molecule has 1 aliphatic rings. The Labute approximate surface area is 142 Å². The number of halogens is 2. The van der Waals surface area contributed by atoms with E-state index in [4.69, 9.17) is 0 Å². The molecule has 2 aromatic rings. The largest absolute Gasteiger partial charge is 0.348 e. The number of Topliss-reactive ketones (excluding diaryl/α,β-unsaturated/α-hetero) is 1. The lowest BCUT2D eigenvalue weighted by molar-refractivity contribution is -0.130. The lowest BCUT2D eigenvalue weighted by Crippen LogP contribution is -2.42. The summed E-state index contributed by atoms with van der Waals surface area (Å²) in [5, 5.41) is 2.35. The number of hydrogen-bond acceptors (Lipinski definition) is 3. The summed E-state index contributed by atoms with van der Waals surface area (Å²) in [6.45, 7) is 0.785. The fraction of sp³-hybridized carbons (Fsp3) is 0.235. The van der Waals surface area contributed by atoms with Gasteiger partial charge in [0.2, 0.25) is 0 Å². The highest BCUT2D eigenvalue weighted by molar-refractivity contribution is 6.11. The van der Waals surface area contributed by atoms with E-state index < -0.39 is 41.4 Å². The number of rotatable bonds is 4. The SMILES string of the molecule is Cn1cccc1C(=O)CN1C(=O)NC(C)(c2cc(F)ccc2F)C1=O. The number of aryl methyl sites for hydroxylation is 1. The lowest BCUT2D eigenvalue weighted by atomic mass is 9.91. The molecule has 1 N–H and O–H groups in total. The van der Waals surface area contributed by atoms with Gasteiger partial charge in [-0.05, 0) is 37.3 Å². The molecule has 1 aromatic carbocycles. The number of ketones is 1. The first-order valence-electron chi connectivity index (χ1n) is 7.48. The molecule has 0 radical (unpaired) electrons. The van der Waals surface area contributed by atoms with Crippen LogP contribution in [0.1, 0.15) is 23.0 Å². The van der Waals surface area contributed by atoms with Crippen LogP contribution in [-0.4, -0.2) is 33.7 Å². The minimum Gasteiger partial charge on any atom is -0.348 e. The summed E-state index contributed by atoms with van der Waals surface area (Å²) in [7, 11) is 1.66. The standard InChI is InChI=1S/C17H15F2N3O3/c1-17(11-8-10(18)5-6-12(11)19)15(24)22(16(25)20-17)9-14(23)13-4-3-7-21(13)2/h3-8H,9H2,1-2H3,(H,20,25). The Kier molecular flexibility index (Phi) is 3.90. The van der Waals surface area contributed by atoms with Gasteiger partial charge in [0.15, 0.2) is 5.78 Å². The van der Waals surface area contributed by atoms with E-state index >= 15 is 0 Å². The molecule has 130 valence electrons. The zero-order chi connectivity index (χ0) is 18.4. The molecule has 1 aromatic heterocycles. The Morgan fingerprint density at radius 2 is 1.96 bits per heavy atom. The van der Waals surface area contributed by atoms with Gasteiger partial charge in [0.1, 0.15) is 17.2 Å². The van der Waals surface area contributed by atoms with Crippen molar-refractivity contribution in [1.82, 2.24) is 14.8 Å². The normalized spacial score (nSPS) is 20.1. The smallest absolute Gasteiger partial charge is 0.325 e. The number of urea groups is 1. The molecule has 8 heteroatoms. The fourth-order valence-corrected chi connectivity index (χ4v) is 2.88. The second kappa shape index (κ2) is 5.80. The topological polar surface area (TPSA) is 71.4 Å². The van der Waals surface area contributed by atoms with Gasteiger partial charge < -0.3 is 9.88 Å². The number of nitrogens with zero attached hydrogens (tertiary/aromatic N) is 2. The summed E-state index contributed by atoms with van der Waals surface area (Å²) in [4.78, 5) is 37.9. The van der Waals surface area contributed by atoms with Crippen LogP contribution in [0.2, 0.25) is 0 Å². The molecular formula is C17H15F2N3O3. The molecule has 25 heavy (non-hydrogen) atoms. The van der Waals surface area contributed by atoms with Gasteiger partial charge in [-0.2, -0.15) is 0 Å². The van der Waals surface area contributed by atoms with Crippen LogP contribution in [0.25, 0.3) is 0 Å². The molecule has 0 saturated carbocycles. The van der Waals surface area contributed by atoms with Crippen molar-refractivity contribution in [3.8, 4) is 0 Å². The molecular weight excluding hydrogens is 332 g/mol. The van der Waals surface area contributed by atoms with E-state index in [9.17, 15) is 23.2 Å². The third-order valence-corrected chi connectivity index (χ3v) is 4.27. The van der Waals surface area contributed by atoms with Crippen LogP contribution in [0.15, 0.2) is 36.5 Å². The molecule has 1 unspecified atom stereocenters. The van der Waals surface area contributed by atoms with Crippen molar-refractivity contribution in [1.29, 1.82) is 0 Å². The van der Waals surface area contributed by atoms with E-state index in [1.165, 1.54) is 6.92 Å². The number of nitrogens with one attached hydrogen (secondary N) is 1. The Balaban J connectivity index is 1.91. The number of imide groups is 1. The van der Waals surface area contributed by atoms with Crippen LogP contribution in [0, 0.1) is 11.6 Å². The fourth-order valence-electron chi connectivity index (χ4n) is 2.88. The second-order valence-corrected chi connectivity index (χ2v) is 6.00. The maximum atomic E-state index is 14.1. The maximum Gasteiger partial charge on any atom is 0.325 e. The van der Waals surface area contributed by atoms with E-state index in [0.29, 0.717) is 10.6 Å². The highest BCUT2D eigenvalue weighted by atomic mass is 19.1. The first kappa shape index (κ1) is 16.8. The number of carbonyl (C=O) groups excluding carboxylic acids is 3. The van der Waals surface area contributed by atoms with E-state index in [1.807, 2.05) is 0 Å². The summed E-state index contributed by atoms with van der Waals surface area (Å²) >= 11 is 0. The van der Waals surface area contributed by atoms with Crippen LogP contribution in [0.4, 0.5) is 13.6 Å². The molecule has 0 aliphatic carbocycles. The van der Waals surface area contributed by atoms with Gasteiger partial charge in [0, 0.05) is 18.8 Å². The van der Waals surface area contributed by atoms with E-state index in [2.05, 4.69) is 5.32 Å². The van der Waals surface area contributed by atoms with Crippen molar-refractivity contribution in [3.63, 3.8) is 0 Å². The average Bonchev–Trinajstić information content (AvgIpc) is 3.07. The third-order valence-electron chi connectivity index (χ3n) is 4.27. The van der Waals surface area contributed by atoms with Gasteiger partial charge in [0.25, 0.3) is 5.91 Å². The van der Waals surface area contributed by atoms with Crippen molar-refractivity contribution in [3.05, 3.63) is 59.4 Å². The number of hydrogen-bond donors (Lipinski definition) is 1. The Morgan fingerprint density at radius 1 is 1.24 bits per heavy atom. The van der Waals surface area contributed by atoms with Gasteiger partial charge in [-0.1, -0.05) is 0 Å². The summed E-state index contributed by atoms with van der Waals surface area (Å²) in [6, 6.07) is 5.04. The molecule has 1 aliphatic heterocycles. The van der Waals surface area contributed by atoms with E-state index in [1.54, 1.807) is 29.9 Å². The van der Waals surface area contributed by atoms with Gasteiger partial charge in [-0.3, -0.25) is 14.5 Å². The quantitative estimate of drug-likeness (QED) is 0.679. The average molecular weight is 347 g/mol. The van der Waals surface area contributed by atoms with Crippen LogP contribution >= 0.6 is 0 Å². The molecule has 1 saturated heterocycles. The van der Waals surface area contributed by atoms with Crippen molar-refractivity contribution < 1.29 is 23.2 Å².